The zero-order chi connectivity index (χ0) is 22.9. The van der Waals surface area contributed by atoms with Crippen LogP contribution in [0.4, 0.5) is 8.78 Å². The van der Waals surface area contributed by atoms with E-state index in [1.165, 1.54) is 17.1 Å². The van der Waals surface area contributed by atoms with Crippen LogP contribution in [0, 0.1) is 17.6 Å². The first kappa shape index (κ1) is 25.0. The monoisotopic (exact) mass is 511 g/mol. The van der Waals surface area contributed by atoms with E-state index in [4.69, 9.17) is 5.10 Å². The minimum Gasteiger partial charge on any atom is -0.307 e. The molecule has 32 heavy (non-hydrogen) atoms. The van der Waals surface area contributed by atoms with Crippen molar-refractivity contribution in [1.82, 2.24) is 10.3 Å². The number of alkyl halides is 1. The smallest absolute Gasteiger partial charge is 0.243 e. The molecule has 1 heterocycles. The average Bonchev–Trinajstić information content (AvgIpc) is 3.20. The number of nitrogens with one attached hydrogen (secondary N) is 1. The lowest BCUT2D eigenvalue weighted by Gasteiger charge is -2.27. The number of rotatable bonds is 11. The van der Waals surface area contributed by atoms with Crippen molar-refractivity contribution in [2.45, 2.75) is 75.1 Å². The number of carbonyl (C=O) groups is 2. The maximum Gasteiger partial charge on any atom is 0.243 e. The highest BCUT2D eigenvalue weighted by atomic mass is 79.9. The van der Waals surface area contributed by atoms with Gasteiger partial charge in [-0.1, -0.05) is 28.4 Å². The molecule has 0 radical (unpaired) electrons. The molecule has 1 aliphatic carbocycles. The molecule has 5 nitrogen and oxygen atoms in total. The van der Waals surface area contributed by atoms with Gasteiger partial charge in [-0.15, -0.1) is 0 Å². The number of carbonyl (C=O) groups excluding carboxylic acids is 2. The fraction of sp³-hybridized carbons (Fsp3) is 0.625. The first-order valence-corrected chi connectivity index (χ1v) is 12.5. The van der Waals surface area contributed by atoms with Crippen molar-refractivity contribution >= 4 is 33.8 Å². The molecule has 1 aromatic rings. The topological polar surface area (TPSA) is 61.8 Å². The van der Waals surface area contributed by atoms with Crippen LogP contribution in [-0.2, 0) is 16.0 Å². The van der Waals surface area contributed by atoms with Gasteiger partial charge >= 0.3 is 0 Å². The van der Waals surface area contributed by atoms with Crippen LogP contribution in [0.25, 0.3) is 0 Å². The summed E-state index contributed by atoms with van der Waals surface area (Å²) in [6.07, 6.45) is 9.07. The molecule has 1 fully saturated rings. The van der Waals surface area contributed by atoms with Gasteiger partial charge in [-0.2, -0.15) is 5.10 Å². The quantitative estimate of drug-likeness (QED) is 0.264. The Balaban J connectivity index is 1.58. The molecule has 0 aromatic heterocycles. The van der Waals surface area contributed by atoms with Gasteiger partial charge in [0.25, 0.3) is 0 Å². The van der Waals surface area contributed by atoms with Crippen molar-refractivity contribution in [3.8, 4) is 0 Å². The molecule has 1 N–H and O–H groups in total. The van der Waals surface area contributed by atoms with Gasteiger partial charge in [0.15, 0.2) is 0 Å². The zero-order valence-electron chi connectivity index (χ0n) is 18.4. The summed E-state index contributed by atoms with van der Waals surface area (Å²) >= 11 is 3.70. The molecule has 0 spiro atoms. The number of halogens is 3. The van der Waals surface area contributed by atoms with Crippen LogP contribution in [0.2, 0.25) is 0 Å². The van der Waals surface area contributed by atoms with E-state index in [0.29, 0.717) is 29.3 Å². The molecule has 8 heteroatoms. The van der Waals surface area contributed by atoms with Crippen LogP contribution >= 0.6 is 15.9 Å². The maximum atomic E-state index is 13.9. The van der Waals surface area contributed by atoms with Crippen LogP contribution in [0.15, 0.2) is 23.3 Å². The largest absolute Gasteiger partial charge is 0.307 e. The number of aldehydes is 1. The second-order valence-corrected chi connectivity index (χ2v) is 10.0. The zero-order valence-corrected chi connectivity index (χ0v) is 20.0. The number of amides is 1. The van der Waals surface area contributed by atoms with Gasteiger partial charge in [0.05, 0.1) is 18.3 Å². The van der Waals surface area contributed by atoms with Gasteiger partial charge in [0.1, 0.15) is 17.9 Å². The molecular formula is C24H32BrF2N3O2. The van der Waals surface area contributed by atoms with Gasteiger partial charge < -0.3 is 10.1 Å². The Bertz CT molecular complexity index is 812. The standard InChI is InChI=1S/C24H32BrF2N3O2/c25-19-9-5-18(6-10-19)24-22(28-13-3-1-2-4-14-31)16-30(29-24)23(32)12-8-17-7-11-20(26)15-21(17)27/h7,11,14-15,18-19,22,28H,1-6,8-10,12-13,16H2. The van der Waals surface area contributed by atoms with Crippen molar-refractivity contribution in [2.24, 2.45) is 11.0 Å². The highest BCUT2D eigenvalue weighted by molar-refractivity contribution is 9.09. The number of hydrogen-bond donors (Lipinski definition) is 1. The summed E-state index contributed by atoms with van der Waals surface area (Å²) in [5.41, 5.74) is 1.39. The summed E-state index contributed by atoms with van der Waals surface area (Å²) < 4.78 is 27.0. The van der Waals surface area contributed by atoms with E-state index in [0.717, 1.165) is 69.6 Å². The SMILES string of the molecule is O=CCCCCCNC1CN(C(=O)CCc2ccc(F)cc2F)N=C1C1CCC(Br)CC1. The van der Waals surface area contributed by atoms with Crippen molar-refractivity contribution in [1.29, 1.82) is 0 Å². The summed E-state index contributed by atoms with van der Waals surface area (Å²) in [5, 5.41) is 9.81. The molecule has 3 rings (SSSR count). The maximum absolute atomic E-state index is 13.9. The predicted molar refractivity (Wildman–Crippen MR) is 125 cm³/mol. The highest BCUT2D eigenvalue weighted by Gasteiger charge is 2.35. The van der Waals surface area contributed by atoms with Crippen LogP contribution in [0.5, 0.6) is 0 Å². The Hall–Kier alpha value is -1.67. The predicted octanol–water partition coefficient (Wildman–Crippen LogP) is 4.77. The summed E-state index contributed by atoms with van der Waals surface area (Å²) in [7, 11) is 0. The number of hydrogen-bond acceptors (Lipinski definition) is 4. The van der Waals surface area contributed by atoms with Crippen LogP contribution in [0.1, 0.15) is 63.4 Å². The molecule has 0 saturated heterocycles. The highest BCUT2D eigenvalue weighted by Crippen LogP contribution is 2.32. The third-order valence-electron chi connectivity index (χ3n) is 6.32. The molecule has 1 aromatic carbocycles. The lowest BCUT2D eigenvalue weighted by molar-refractivity contribution is -0.130. The van der Waals surface area contributed by atoms with Crippen molar-refractivity contribution in [3.05, 3.63) is 35.4 Å². The number of unbranched alkanes of at least 4 members (excludes halogenated alkanes) is 3. The lowest BCUT2D eigenvalue weighted by atomic mass is 9.83. The van der Waals surface area contributed by atoms with E-state index in [2.05, 4.69) is 21.2 Å². The third-order valence-corrected chi connectivity index (χ3v) is 7.24. The fourth-order valence-electron chi connectivity index (χ4n) is 4.46. The van der Waals surface area contributed by atoms with Crippen LogP contribution < -0.4 is 5.32 Å². The minimum atomic E-state index is -0.621. The second-order valence-electron chi connectivity index (χ2n) is 8.71. The first-order chi connectivity index (χ1) is 15.5. The molecule has 1 amide bonds. The second kappa shape index (κ2) is 12.5. The van der Waals surface area contributed by atoms with E-state index in [-0.39, 0.29) is 24.8 Å². The average molecular weight is 512 g/mol. The number of aryl methyl sites for hydroxylation is 1. The van der Waals surface area contributed by atoms with Crippen molar-refractivity contribution < 1.29 is 18.4 Å². The van der Waals surface area contributed by atoms with Crippen molar-refractivity contribution in [3.63, 3.8) is 0 Å². The summed E-state index contributed by atoms with van der Waals surface area (Å²) in [6, 6.07) is 3.49. The summed E-state index contributed by atoms with van der Waals surface area (Å²) in [5.74, 6) is -1.02. The fourth-order valence-corrected chi connectivity index (χ4v) is 4.99. The van der Waals surface area contributed by atoms with Gasteiger partial charge in [-0.05, 0) is 63.1 Å². The minimum absolute atomic E-state index is 0.0319. The molecular weight excluding hydrogens is 480 g/mol. The molecule has 0 bridgehead atoms. The normalized spacial score (nSPS) is 23.3. The van der Waals surface area contributed by atoms with Crippen molar-refractivity contribution in [2.75, 3.05) is 13.1 Å². The summed E-state index contributed by atoms with van der Waals surface area (Å²) in [6.45, 7) is 1.31. The number of nitrogens with zero attached hydrogens (tertiary/aromatic N) is 2. The Labute approximate surface area is 197 Å². The van der Waals surface area contributed by atoms with Crippen LogP contribution in [0.3, 0.4) is 0 Å². The molecule has 1 saturated carbocycles. The van der Waals surface area contributed by atoms with E-state index < -0.39 is 11.6 Å². The Morgan fingerprint density at radius 3 is 2.69 bits per heavy atom. The summed E-state index contributed by atoms with van der Waals surface area (Å²) in [4.78, 5) is 23.8. The third kappa shape index (κ3) is 7.17. The molecule has 1 aliphatic heterocycles. The van der Waals surface area contributed by atoms with Gasteiger partial charge in [0, 0.05) is 29.7 Å². The van der Waals surface area contributed by atoms with E-state index >= 15 is 0 Å². The molecule has 1 atom stereocenters. The Kier molecular flexibility index (Phi) is 9.78. The number of hydrazone groups is 1. The van der Waals surface area contributed by atoms with Gasteiger partial charge in [0.2, 0.25) is 5.91 Å². The molecule has 2 aliphatic rings. The Morgan fingerprint density at radius 1 is 1.19 bits per heavy atom. The van der Waals surface area contributed by atoms with E-state index in [1.807, 2.05) is 0 Å². The molecule has 176 valence electrons. The van der Waals surface area contributed by atoms with Gasteiger partial charge in [-0.3, -0.25) is 4.79 Å². The van der Waals surface area contributed by atoms with E-state index in [1.54, 1.807) is 0 Å². The number of benzene rings is 1. The molecule has 1 unspecified atom stereocenters. The Morgan fingerprint density at radius 2 is 1.97 bits per heavy atom. The lowest BCUT2D eigenvalue weighted by Crippen LogP contribution is -2.43. The first-order valence-electron chi connectivity index (χ1n) is 11.6. The van der Waals surface area contributed by atoms with E-state index in [9.17, 15) is 18.4 Å². The van der Waals surface area contributed by atoms with Crippen LogP contribution in [-0.4, -0.2) is 46.9 Å². The van der Waals surface area contributed by atoms with Gasteiger partial charge in [-0.25, -0.2) is 13.8 Å².